The van der Waals surface area contributed by atoms with Crippen molar-refractivity contribution in [1.29, 1.82) is 0 Å². The quantitative estimate of drug-likeness (QED) is 0.832. The first-order valence-corrected chi connectivity index (χ1v) is 8.99. The molecule has 2 unspecified atom stereocenters. The highest BCUT2D eigenvalue weighted by molar-refractivity contribution is 8.20. The van der Waals surface area contributed by atoms with E-state index in [2.05, 4.69) is 35.0 Å². The molecule has 4 heterocycles. The highest BCUT2D eigenvalue weighted by atomic mass is 32.2. The van der Waals surface area contributed by atoms with Gasteiger partial charge in [-0.15, -0.1) is 22.7 Å². The van der Waals surface area contributed by atoms with Gasteiger partial charge in [0.15, 0.2) is 0 Å². The summed E-state index contributed by atoms with van der Waals surface area (Å²) in [7, 11) is 0. The summed E-state index contributed by atoms with van der Waals surface area (Å²) in [5.74, 6) is 0. The minimum atomic E-state index is 0.268. The van der Waals surface area contributed by atoms with Gasteiger partial charge in [-0.1, -0.05) is 35.7 Å². The van der Waals surface area contributed by atoms with Gasteiger partial charge >= 0.3 is 0 Å². The van der Waals surface area contributed by atoms with Crippen LogP contribution in [0.25, 0.3) is 0 Å². The summed E-state index contributed by atoms with van der Waals surface area (Å²) in [5.41, 5.74) is 0. The first kappa shape index (κ1) is 11.3. The Bertz CT molecular complexity index is 556. The van der Waals surface area contributed by atoms with E-state index in [-0.39, 0.29) is 10.7 Å². The van der Waals surface area contributed by atoms with Crippen LogP contribution in [0.1, 0.15) is 9.75 Å². The maximum Gasteiger partial charge on any atom is 0.135 e. The Morgan fingerprint density at radius 2 is 1.28 bits per heavy atom. The molecule has 0 saturated heterocycles. The van der Waals surface area contributed by atoms with Gasteiger partial charge < -0.3 is 0 Å². The predicted octanol–water partition coefficient (Wildman–Crippen LogP) is 4.15. The van der Waals surface area contributed by atoms with Crippen LogP contribution in [0.5, 0.6) is 0 Å². The van der Waals surface area contributed by atoms with Crippen LogP contribution in [0.2, 0.25) is 0 Å². The zero-order chi connectivity index (χ0) is 11.9. The van der Waals surface area contributed by atoms with Crippen molar-refractivity contribution >= 4 is 56.3 Å². The first-order valence-electron chi connectivity index (χ1n) is 5.47. The third kappa shape index (κ3) is 1.87. The van der Waals surface area contributed by atoms with Crippen molar-refractivity contribution in [3.8, 4) is 0 Å². The zero-order valence-electron chi connectivity index (χ0n) is 9.15. The molecule has 18 heavy (non-hydrogen) atoms. The van der Waals surface area contributed by atoms with E-state index in [1.165, 1.54) is 9.75 Å². The molecule has 2 atom stereocenters. The van der Waals surface area contributed by atoms with Crippen molar-refractivity contribution < 1.29 is 0 Å². The summed E-state index contributed by atoms with van der Waals surface area (Å²) in [6.07, 6.45) is 0. The number of thiophene rings is 2. The Hall–Kier alpha value is -0.560. The molecule has 0 saturated carbocycles. The smallest absolute Gasteiger partial charge is 0.135 e. The lowest BCUT2D eigenvalue weighted by Gasteiger charge is -1.99. The largest absolute Gasteiger partial charge is 0.259 e. The highest BCUT2D eigenvalue weighted by Gasteiger charge is 2.37. The molecule has 4 rings (SSSR count). The summed E-state index contributed by atoms with van der Waals surface area (Å²) in [6, 6.07) is 8.41. The second-order valence-corrected chi connectivity index (χ2v) is 7.95. The van der Waals surface area contributed by atoms with E-state index in [0.717, 1.165) is 10.1 Å². The summed E-state index contributed by atoms with van der Waals surface area (Å²) in [5, 5.41) is 7.04. The molecule has 0 N–H and O–H groups in total. The normalized spacial score (nSPS) is 26.0. The number of nitrogens with zero attached hydrogens (tertiary/aromatic N) is 2. The van der Waals surface area contributed by atoms with Crippen molar-refractivity contribution in [3.05, 3.63) is 44.8 Å². The monoisotopic (exact) mass is 308 g/mol. The molecule has 2 aliphatic heterocycles. The van der Waals surface area contributed by atoms with E-state index in [1.54, 1.807) is 46.2 Å². The minimum absolute atomic E-state index is 0.268. The van der Waals surface area contributed by atoms with Gasteiger partial charge in [-0.05, 0) is 22.9 Å². The average molecular weight is 308 g/mol. The fourth-order valence-electron chi connectivity index (χ4n) is 1.86. The van der Waals surface area contributed by atoms with Crippen LogP contribution in [0, 0.1) is 0 Å². The Morgan fingerprint density at radius 1 is 0.778 bits per heavy atom. The predicted molar refractivity (Wildman–Crippen MR) is 84.5 cm³/mol. The molecule has 0 aromatic carbocycles. The van der Waals surface area contributed by atoms with Crippen LogP contribution in [0.4, 0.5) is 0 Å². The van der Waals surface area contributed by atoms with E-state index in [1.807, 2.05) is 0 Å². The fraction of sp³-hybridized carbons (Fsp3) is 0.167. The SMILES string of the molecule is c1csc(C2=NC3SC(c4cccs4)=NC3S2)c1. The van der Waals surface area contributed by atoms with Crippen LogP contribution in [-0.2, 0) is 0 Å². The lowest BCUT2D eigenvalue weighted by atomic mass is 10.5. The molecule has 2 aromatic rings. The topological polar surface area (TPSA) is 24.7 Å². The van der Waals surface area contributed by atoms with Crippen molar-refractivity contribution in [1.82, 2.24) is 0 Å². The van der Waals surface area contributed by atoms with Crippen LogP contribution in [-0.4, -0.2) is 20.8 Å². The summed E-state index contributed by atoms with van der Waals surface area (Å²) < 4.78 is 0. The number of aliphatic imine (C=N–C) groups is 2. The van der Waals surface area contributed by atoms with E-state index < -0.39 is 0 Å². The summed E-state index contributed by atoms with van der Waals surface area (Å²) >= 11 is 7.09. The molecular formula is C12H8N2S4. The van der Waals surface area contributed by atoms with Crippen molar-refractivity contribution in [2.24, 2.45) is 9.98 Å². The Labute approximate surface area is 121 Å². The van der Waals surface area contributed by atoms with Crippen molar-refractivity contribution in [3.63, 3.8) is 0 Å². The molecule has 90 valence electrons. The van der Waals surface area contributed by atoms with Gasteiger partial charge in [0.2, 0.25) is 0 Å². The van der Waals surface area contributed by atoms with E-state index in [4.69, 9.17) is 9.98 Å². The van der Waals surface area contributed by atoms with Gasteiger partial charge in [0.25, 0.3) is 0 Å². The van der Waals surface area contributed by atoms with Gasteiger partial charge in [-0.3, -0.25) is 9.98 Å². The molecule has 6 heteroatoms. The van der Waals surface area contributed by atoms with Gasteiger partial charge in [-0.25, -0.2) is 0 Å². The third-order valence-electron chi connectivity index (χ3n) is 2.66. The molecule has 0 radical (unpaired) electrons. The Kier molecular flexibility index (Phi) is 2.83. The zero-order valence-corrected chi connectivity index (χ0v) is 12.4. The van der Waals surface area contributed by atoms with E-state index >= 15 is 0 Å². The lowest BCUT2D eigenvalue weighted by Crippen LogP contribution is -2.03. The Morgan fingerprint density at radius 3 is 1.67 bits per heavy atom. The number of thioether (sulfide) groups is 2. The van der Waals surface area contributed by atoms with E-state index in [0.29, 0.717) is 0 Å². The number of hydrogen-bond donors (Lipinski definition) is 0. The molecule has 2 nitrogen and oxygen atoms in total. The molecular weight excluding hydrogens is 300 g/mol. The van der Waals surface area contributed by atoms with Crippen LogP contribution < -0.4 is 0 Å². The lowest BCUT2D eigenvalue weighted by molar-refractivity contribution is 0.898. The first-order chi connectivity index (χ1) is 8.90. The van der Waals surface area contributed by atoms with Crippen LogP contribution in [0.3, 0.4) is 0 Å². The molecule has 0 fully saturated rings. The molecule has 0 spiro atoms. The van der Waals surface area contributed by atoms with E-state index in [9.17, 15) is 0 Å². The Balaban J connectivity index is 1.57. The van der Waals surface area contributed by atoms with Gasteiger partial charge in [0.05, 0.1) is 9.75 Å². The second-order valence-electron chi connectivity index (χ2n) is 3.84. The van der Waals surface area contributed by atoms with Crippen molar-refractivity contribution in [2.45, 2.75) is 10.7 Å². The van der Waals surface area contributed by atoms with Gasteiger partial charge in [-0.2, -0.15) is 0 Å². The number of hydrogen-bond acceptors (Lipinski definition) is 6. The third-order valence-corrected chi connectivity index (χ3v) is 7.15. The molecule has 0 amide bonds. The second kappa shape index (κ2) is 4.52. The summed E-state index contributed by atoms with van der Waals surface area (Å²) in [6.45, 7) is 0. The van der Waals surface area contributed by atoms with Gasteiger partial charge in [0.1, 0.15) is 20.8 Å². The maximum absolute atomic E-state index is 4.80. The van der Waals surface area contributed by atoms with Crippen LogP contribution in [0.15, 0.2) is 45.0 Å². The fourth-order valence-corrected chi connectivity index (χ4v) is 5.98. The van der Waals surface area contributed by atoms with Crippen LogP contribution >= 0.6 is 46.2 Å². The summed E-state index contributed by atoms with van der Waals surface area (Å²) in [4.78, 5) is 12.1. The molecule has 0 aliphatic carbocycles. The number of fused-ring (bicyclic) bond motifs is 1. The molecule has 2 aliphatic rings. The van der Waals surface area contributed by atoms with Gasteiger partial charge in [0, 0.05) is 0 Å². The standard InChI is InChI=1S/C12H8N2S4/c1-3-7(15-5-1)9-13-11-12(17-9)14-10(18-11)8-4-2-6-16-8/h1-6,11-12H. The average Bonchev–Trinajstić information content (AvgIpc) is 3.13. The number of rotatable bonds is 2. The maximum atomic E-state index is 4.80. The highest BCUT2D eigenvalue weighted by Crippen LogP contribution is 2.44. The van der Waals surface area contributed by atoms with Crippen molar-refractivity contribution in [2.75, 3.05) is 0 Å². The minimum Gasteiger partial charge on any atom is -0.259 e. The molecule has 0 bridgehead atoms. The molecule has 2 aromatic heterocycles.